The maximum Gasteiger partial charge on any atom is 0.331 e. The summed E-state index contributed by atoms with van der Waals surface area (Å²) in [7, 11) is 0. The molecular weight excluding hydrogens is 288 g/mol. The Hall–Kier alpha value is -1.04. The molecule has 1 N–H and O–H groups in total. The number of carbonyl (C=O) groups excluding carboxylic acids is 3. The molecule has 1 spiro atoms. The summed E-state index contributed by atoms with van der Waals surface area (Å²) < 4.78 is 0. The summed E-state index contributed by atoms with van der Waals surface area (Å²) in [5, 5.41) is 2.46. The number of barbiturate groups is 1. The van der Waals surface area contributed by atoms with E-state index in [4.69, 9.17) is 0 Å². The molecule has 5 nitrogen and oxygen atoms in total. The van der Waals surface area contributed by atoms with Crippen molar-refractivity contribution in [3.05, 3.63) is 0 Å². The van der Waals surface area contributed by atoms with Gasteiger partial charge in [0.2, 0.25) is 11.8 Å². The average Bonchev–Trinajstić information content (AvgIpc) is 2.74. The fraction of sp³-hybridized carbons (Fsp3) is 0.800. The zero-order chi connectivity index (χ0) is 14.9. The largest absolute Gasteiger partial charge is 0.331 e. The van der Waals surface area contributed by atoms with Crippen molar-refractivity contribution in [2.24, 2.45) is 5.41 Å². The predicted octanol–water partition coefficient (Wildman–Crippen LogP) is 2.30. The standard InChI is InChI=1S/C15H22N2O3S/c18-12-15(7-3-1-2-4-8-15)13(19)17(14(20)16-12)11-6-5-9-21-10-11/h11H,1-10H2,(H,16,18,20). The normalized spacial score (nSPS) is 30.2. The third-order valence-electron chi connectivity index (χ3n) is 4.96. The number of nitrogens with zero attached hydrogens (tertiary/aromatic N) is 1. The van der Waals surface area contributed by atoms with Crippen LogP contribution in [0.4, 0.5) is 4.79 Å². The molecule has 4 amide bonds. The van der Waals surface area contributed by atoms with E-state index in [1.165, 1.54) is 4.90 Å². The van der Waals surface area contributed by atoms with Crippen molar-refractivity contribution in [2.75, 3.05) is 11.5 Å². The van der Waals surface area contributed by atoms with Crippen LogP contribution in [-0.4, -0.2) is 40.3 Å². The number of rotatable bonds is 1. The molecule has 1 aliphatic carbocycles. The van der Waals surface area contributed by atoms with Crippen molar-refractivity contribution in [2.45, 2.75) is 57.4 Å². The minimum absolute atomic E-state index is 0.0514. The lowest BCUT2D eigenvalue weighted by atomic mass is 9.76. The van der Waals surface area contributed by atoms with Crippen molar-refractivity contribution < 1.29 is 14.4 Å². The second-order valence-electron chi connectivity index (χ2n) is 6.30. The summed E-state index contributed by atoms with van der Waals surface area (Å²) in [6.07, 6.45) is 6.96. The van der Waals surface area contributed by atoms with Gasteiger partial charge in [0.25, 0.3) is 0 Å². The van der Waals surface area contributed by atoms with Crippen LogP contribution in [0.1, 0.15) is 51.4 Å². The molecule has 1 unspecified atom stereocenters. The second kappa shape index (κ2) is 5.99. The summed E-state index contributed by atoms with van der Waals surface area (Å²) in [6, 6.07) is -0.558. The van der Waals surface area contributed by atoms with E-state index >= 15 is 0 Å². The fourth-order valence-corrected chi connectivity index (χ4v) is 4.85. The van der Waals surface area contributed by atoms with E-state index in [9.17, 15) is 14.4 Å². The molecule has 21 heavy (non-hydrogen) atoms. The SMILES string of the molecule is O=C1NC(=O)C2(CCCCCC2)C(=O)N1C1CCCSC1. The molecule has 0 radical (unpaired) electrons. The third-order valence-corrected chi connectivity index (χ3v) is 6.16. The molecule has 3 fully saturated rings. The first-order valence-corrected chi connectivity index (χ1v) is 9.07. The van der Waals surface area contributed by atoms with Gasteiger partial charge < -0.3 is 0 Å². The second-order valence-corrected chi connectivity index (χ2v) is 7.45. The van der Waals surface area contributed by atoms with E-state index in [-0.39, 0.29) is 17.9 Å². The van der Waals surface area contributed by atoms with E-state index in [0.717, 1.165) is 50.0 Å². The van der Waals surface area contributed by atoms with Crippen LogP contribution in [0.5, 0.6) is 0 Å². The first-order chi connectivity index (χ1) is 10.1. The molecule has 2 heterocycles. The molecule has 2 aliphatic heterocycles. The van der Waals surface area contributed by atoms with Gasteiger partial charge in [0.15, 0.2) is 0 Å². The Morgan fingerprint density at radius 1 is 1.05 bits per heavy atom. The van der Waals surface area contributed by atoms with Gasteiger partial charge in [-0.1, -0.05) is 25.7 Å². The minimum Gasteiger partial charge on any atom is -0.277 e. The van der Waals surface area contributed by atoms with Crippen molar-refractivity contribution in [1.82, 2.24) is 10.2 Å². The van der Waals surface area contributed by atoms with Gasteiger partial charge in [-0.3, -0.25) is 19.8 Å². The Morgan fingerprint density at radius 3 is 2.38 bits per heavy atom. The quantitative estimate of drug-likeness (QED) is 0.755. The first kappa shape index (κ1) is 14.9. The van der Waals surface area contributed by atoms with Gasteiger partial charge >= 0.3 is 6.03 Å². The van der Waals surface area contributed by atoms with Crippen LogP contribution >= 0.6 is 11.8 Å². The summed E-state index contributed by atoms with van der Waals surface area (Å²) in [4.78, 5) is 39.0. The summed E-state index contributed by atoms with van der Waals surface area (Å²) >= 11 is 1.78. The number of imide groups is 2. The topological polar surface area (TPSA) is 66.5 Å². The predicted molar refractivity (Wildman–Crippen MR) is 80.9 cm³/mol. The van der Waals surface area contributed by atoms with Crippen LogP contribution in [0.15, 0.2) is 0 Å². The molecule has 0 aromatic rings. The summed E-state index contributed by atoms with van der Waals surface area (Å²) in [5.41, 5.74) is -0.980. The lowest BCUT2D eigenvalue weighted by molar-refractivity contribution is -0.154. The highest BCUT2D eigenvalue weighted by atomic mass is 32.2. The number of nitrogens with one attached hydrogen (secondary N) is 1. The first-order valence-electron chi connectivity index (χ1n) is 7.92. The van der Waals surface area contributed by atoms with Crippen LogP contribution in [0, 0.1) is 5.41 Å². The van der Waals surface area contributed by atoms with Gasteiger partial charge in [-0.05, 0) is 31.4 Å². The van der Waals surface area contributed by atoms with Crippen LogP contribution in [0.2, 0.25) is 0 Å². The summed E-state index contributed by atoms with van der Waals surface area (Å²) in [6.45, 7) is 0. The van der Waals surface area contributed by atoms with Crippen molar-refractivity contribution in [1.29, 1.82) is 0 Å². The molecule has 2 saturated heterocycles. The van der Waals surface area contributed by atoms with E-state index in [1.807, 2.05) is 0 Å². The van der Waals surface area contributed by atoms with E-state index in [0.29, 0.717) is 12.8 Å². The number of amides is 4. The van der Waals surface area contributed by atoms with Crippen molar-refractivity contribution in [3.63, 3.8) is 0 Å². The lowest BCUT2D eigenvalue weighted by Gasteiger charge is -2.43. The molecule has 3 rings (SSSR count). The van der Waals surface area contributed by atoms with Crippen LogP contribution < -0.4 is 5.32 Å². The molecule has 1 saturated carbocycles. The van der Waals surface area contributed by atoms with Crippen LogP contribution in [0.3, 0.4) is 0 Å². The van der Waals surface area contributed by atoms with Gasteiger partial charge in [-0.2, -0.15) is 11.8 Å². The highest BCUT2D eigenvalue weighted by molar-refractivity contribution is 7.99. The molecule has 3 aliphatic rings. The zero-order valence-electron chi connectivity index (χ0n) is 12.2. The van der Waals surface area contributed by atoms with E-state index in [2.05, 4.69) is 5.32 Å². The Balaban J connectivity index is 1.88. The van der Waals surface area contributed by atoms with Crippen molar-refractivity contribution in [3.8, 4) is 0 Å². The molecule has 0 bridgehead atoms. The Labute approximate surface area is 129 Å². The summed E-state index contributed by atoms with van der Waals surface area (Å²) in [5.74, 6) is 1.29. The highest BCUT2D eigenvalue weighted by Crippen LogP contribution is 2.40. The van der Waals surface area contributed by atoms with Crippen molar-refractivity contribution >= 4 is 29.6 Å². The maximum absolute atomic E-state index is 13.0. The molecular formula is C15H22N2O3S. The van der Waals surface area contributed by atoms with Gasteiger partial charge in [0.1, 0.15) is 5.41 Å². The van der Waals surface area contributed by atoms with E-state index in [1.54, 1.807) is 11.8 Å². The minimum atomic E-state index is -0.980. The number of urea groups is 1. The van der Waals surface area contributed by atoms with E-state index < -0.39 is 11.4 Å². The monoisotopic (exact) mass is 310 g/mol. The van der Waals surface area contributed by atoms with Gasteiger partial charge in [0.05, 0.1) is 6.04 Å². The lowest BCUT2D eigenvalue weighted by Crippen LogP contribution is -2.66. The van der Waals surface area contributed by atoms with Gasteiger partial charge in [-0.25, -0.2) is 4.79 Å². The number of hydrogen-bond acceptors (Lipinski definition) is 4. The Morgan fingerprint density at radius 2 is 1.76 bits per heavy atom. The fourth-order valence-electron chi connectivity index (χ4n) is 3.73. The smallest absolute Gasteiger partial charge is 0.277 e. The molecule has 1 atom stereocenters. The van der Waals surface area contributed by atoms with Crippen LogP contribution in [-0.2, 0) is 9.59 Å². The van der Waals surface area contributed by atoms with Gasteiger partial charge in [-0.15, -0.1) is 0 Å². The highest BCUT2D eigenvalue weighted by Gasteiger charge is 2.54. The third kappa shape index (κ3) is 2.58. The van der Waals surface area contributed by atoms with Gasteiger partial charge in [0, 0.05) is 5.75 Å². The molecule has 0 aromatic heterocycles. The van der Waals surface area contributed by atoms with Crippen LogP contribution in [0.25, 0.3) is 0 Å². The number of thioether (sulfide) groups is 1. The average molecular weight is 310 g/mol. The maximum atomic E-state index is 13.0. The number of hydrogen-bond donors (Lipinski definition) is 1. The number of carbonyl (C=O) groups is 3. The molecule has 116 valence electrons. The molecule has 0 aromatic carbocycles. The molecule has 6 heteroatoms. The zero-order valence-corrected chi connectivity index (χ0v) is 13.0. The Bertz CT molecular complexity index is 452. The Kier molecular flexibility index (Phi) is 4.24.